The van der Waals surface area contributed by atoms with Crippen LogP contribution in [0.25, 0.3) is 0 Å². The van der Waals surface area contributed by atoms with Gasteiger partial charge in [-0.1, -0.05) is 39.5 Å². The average molecular weight is 233 g/mol. The Balaban J connectivity index is 3.99. The van der Waals surface area contributed by atoms with Gasteiger partial charge in [-0.2, -0.15) is 0 Å². The van der Waals surface area contributed by atoms with Gasteiger partial charge in [0.1, 0.15) is 5.78 Å². The predicted octanol–water partition coefficient (Wildman–Crippen LogP) is 3.71. The minimum absolute atomic E-state index is 0.0249. The van der Waals surface area contributed by atoms with Crippen molar-refractivity contribution in [3.63, 3.8) is 0 Å². The monoisotopic (exact) mass is 232 g/mol. The molecule has 2 nitrogen and oxygen atoms in total. The van der Waals surface area contributed by atoms with E-state index in [-0.39, 0.29) is 5.78 Å². The van der Waals surface area contributed by atoms with Crippen molar-refractivity contribution in [1.29, 1.82) is 0 Å². The molecule has 0 spiro atoms. The van der Waals surface area contributed by atoms with Crippen LogP contribution in [0.15, 0.2) is 0 Å². The van der Waals surface area contributed by atoms with E-state index < -0.39 is 11.2 Å². The van der Waals surface area contributed by atoms with Crippen molar-refractivity contribution in [2.75, 3.05) is 0 Å². The molecule has 0 radical (unpaired) electrons. The first kappa shape index (κ1) is 14.6. The van der Waals surface area contributed by atoms with E-state index in [0.29, 0.717) is 12.8 Å². The van der Waals surface area contributed by atoms with E-state index in [2.05, 4.69) is 6.92 Å². The summed E-state index contributed by atoms with van der Waals surface area (Å²) in [6, 6.07) is 0. The predicted molar refractivity (Wildman–Crippen MR) is 63.0 cm³/mol. The molecule has 15 heavy (non-hydrogen) atoms. The quantitative estimate of drug-likeness (QED) is 0.345. The van der Waals surface area contributed by atoms with Crippen LogP contribution in [0.2, 0.25) is 0 Å². The number of ketones is 1. The van der Waals surface area contributed by atoms with Gasteiger partial charge in [0, 0.05) is 6.42 Å². The molecule has 3 heteroatoms. The molecule has 0 aromatic rings. The zero-order valence-electron chi connectivity index (χ0n) is 9.72. The van der Waals surface area contributed by atoms with Crippen LogP contribution in [0.4, 0.5) is 0 Å². The lowest BCUT2D eigenvalue weighted by Gasteiger charge is -2.10. The number of hydrogen-bond acceptors (Lipinski definition) is 2. The zero-order valence-corrected chi connectivity index (χ0v) is 10.5. The molecule has 0 amide bonds. The Morgan fingerprint density at radius 1 is 1.07 bits per heavy atom. The van der Waals surface area contributed by atoms with Crippen molar-refractivity contribution in [3.05, 3.63) is 0 Å². The lowest BCUT2D eigenvalue weighted by atomic mass is 9.95. The van der Waals surface area contributed by atoms with E-state index in [0.717, 1.165) is 32.1 Å². The van der Waals surface area contributed by atoms with Gasteiger partial charge >= 0.3 is 0 Å². The van der Waals surface area contributed by atoms with Crippen LogP contribution >= 0.6 is 11.6 Å². The highest BCUT2D eigenvalue weighted by molar-refractivity contribution is 6.65. The molecular formula is C12H21ClO2. The third kappa shape index (κ3) is 6.67. The van der Waals surface area contributed by atoms with Crippen molar-refractivity contribution < 1.29 is 9.59 Å². The molecule has 0 aliphatic heterocycles. The number of Topliss-reactive ketones (excluding diaryl/α,β-unsaturated/α-hetero) is 1. The van der Waals surface area contributed by atoms with Crippen molar-refractivity contribution in [3.8, 4) is 0 Å². The smallest absolute Gasteiger partial charge is 0.232 e. The molecule has 0 aromatic heterocycles. The summed E-state index contributed by atoms with van der Waals surface area (Å²) in [5.74, 6) is -0.527. The van der Waals surface area contributed by atoms with Crippen LogP contribution in [-0.4, -0.2) is 11.0 Å². The van der Waals surface area contributed by atoms with Crippen LogP contribution in [-0.2, 0) is 9.59 Å². The maximum Gasteiger partial charge on any atom is 0.232 e. The summed E-state index contributed by atoms with van der Waals surface area (Å²) in [5, 5.41) is -0.482. The Labute approximate surface area is 97.4 Å². The molecule has 0 aromatic carbocycles. The summed E-state index contributed by atoms with van der Waals surface area (Å²) in [7, 11) is 0. The number of carbonyl (C=O) groups excluding carboxylic acids is 2. The maximum atomic E-state index is 11.7. The van der Waals surface area contributed by atoms with E-state index >= 15 is 0 Å². The topological polar surface area (TPSA) is 34.1 Å². The molecule has 0 saturated carbocycles. The lowest BCUT2D eigenvalue weighted by Crippen LogP contribution is -2.20. The number of halogens is 1. The standard InChI is InChI=1S/C12H21ClO2/c1-3-5-7-9-11(14)10(12(13)15)8-6-4-2/h10H,3-9H2,1-2H3. The van der Waals surface area contributed by atoms with E-state index in [1.807, 2.05) is 6.92 Å². The van der Waals surface area contributed by atoms with Crippen LogP contribution in [0.1, 0.15) is 58.8 Å². The van der Waals surface area contributed by atoms with Gasteiger partial charge < -0.3 is 0 Å². The molecule has 0 aliphatic carbocycles. The number of unbranched alkanes of at least 4 members (excludes halogenated alkanes) is 3. The minimum atomic E-state index is -0.552. The first-order chi connectivity index (χ1) is 7.13. The molecule has 1 atom stereocenters. The Morgan fingerprint density at radius 2 is 1.67 bits per heavy atom. The molecule has 0 bridgehead atoms. The number of carbonyl (C=O) groups is 2. The highest BCUT2D eigenvalue weighted by Gasteiger charge is 2.23. The minimum Gasteiger partial charge on any atom is -0.299 e. The molecule has 0 heterocycles. The fraction of sp³-hybridized carbons (Fsp3) is 0.833. The summed E-state index contributed by atoms with van der Waals surface area (Å²) in [5.41, 5.74) is 0. The SMILES string of the molecule is CCCCCC(=O)C(CCCC)C(=O)Cl. The Morgan fingerprint density at radius 3 is 2.13 bits per heavy atom. The molecule has 0 rings (SSSR count). The van der Waals surface area contributed by atoms with Crippen molar-refractivity contribution >= 4 is 22.6 Å². The van der Waals surface area contributed by atoms with Crippen molar-refractivity contribution in [2.24, 2.45) is 5.92 Å². The van der Waals surface area contributed by atoms with Gasteiger partial charge in [0.15, 0.2) is 0 Å². The van der Waals surface area contributed by atoms with Gasteiger partial charge in [-0.25, -0.2) is 0 Å². The van der Waals surface area contributed by atoms with Gasteiger partial charge in [-0.3, -0.25) is 9.59 Å². The summed E-state index contributed by atoms with van der Waals surface area (Å²) in [6.07, 6.45) is 6.00. The molecule has 0 saturated heterocycles. The van der Waals surface area contributed by atoms with E-state index in [4.69, 9.17) is 11.6 Å². The Bertz CT molecular complexity index is 202. The second kappa shape index (κ2) is 8.90. The maximum absolute atomic E-state index is 11.7. The van der Waals surface area contributed by atoms with Gasteiger partial charge in [0.2, 0.25) is 5.24 Å². The summed E-state index contributed by atoms with van der Waals surface area (Å²) >= 11 is 5.43. The normalized spacial score (nSPS) is 12.5. The highest BCUT2D eigenvalue weighted by atomic mass is 35.5. The summed E-state index contributed by atoms with van der Waals surface area (Å²) in [4.78, 5) is 22.7. The van der Waals surface area contributed by atoms with Gasteiger partial charge in [0.25, 0.3) is 0 Å². The molecule has 0 aliphatic rings. The fourth-order valence-electron chi connectivity index (χ4n) is 1.53. The fourth-order valence-corrected chi connectivity index (χ4v) is 1.76. The van der Waals surface area contributed by atoms with Crippen LogP contribution in [0, 0.1) is 5.92 Å². The second-order valence-electron chi connectivity index (χ2n) is 3.92. The summed E-state index contributed by atoms with van der Waals surface area (Å²) in [6.45, 7) is 4.13. The van der Waals surface area contributed by atoms with Crippen LogP contribution in [0.5, 0.6) is 0 Å². The third-order valence-electron chi connectivity index (χ3n) is 2.54. The van der Waals surface area contributed by atoms with Gasteiger partial charge in [0.05, 0.1) is 5.92 Å². The van der Waals surface area contributed by atoms with Crippen molar-refractivity contribution in [2.45, 2.75) is 58.8 Å². The first-order valence-electron chi connectivity index (χ1n) is 5.85. The molecule has 88 valence electrons. The Kier molecular flexibility index (Phi) is 8.68. The number of rotatable bonds is 9. The molecule has 0 N–H and O–H groups in total. The Hall–Kier alpha value is -0.370. The molecular weight excluding hydrogens is 212 g/mol. The van der Waals surface area contributed by atoms with E-state index in [1.54, 1.807) is 0 Å². The first-order valence-corrected chi connectivity index (χ1v) is 6.23. The van der Waals surface area contributed by atoms with Crippen LogP contribution in [0.3, 0.4) is 0 Å². The van der Waals surface area contributed by atoms with Crippen LogP contribution < -0.4 is 0 Å². The highest BCUT2D eigenvalue weighted by Crippen LogP contribution is 2.16. The third-order valence-corrected chi connectivity index (χ3v) is 2.80. The van der Waals surface area contributed by atoms with E-state index in [9.17, 15) is 9.59 Å². The van der Waals surface area contributed by atoms with Crippen molar-refractivity contribution in [1.82, 2.24) is 0 Å². The second-order valence-corrected chi connectivity index (χ2v) is 4.29. The average Bonchev–Trinajstić information content (AvgIpc) is 2.18. The lowest BCUT2D eigenvalue weighted by molar-refractivity contribution is -0.129. The summed E-state index contributed by atoms with van der Waals surface area (Å²) < 4.78 is 0. The van der Waals surface area contributed by atoms with Gasteiger partial charge in [-0.05, 0) is 24.4 Å². The van der Waals surface area contributed by atoms with Gasteiger partial charge in [-0.15, -0.1) is 0 Å². The largest absolute Gasteiger partial charge is 0.299 e. The number of hydrogen-bond donors (Lipinski definition) is 0. The zero-order chi connectivity index (χ0) is 11.7. The molecule has 0 fully saturated rings. The molecule has 1 unspecified atom stereocenters. The van der Waals surface area contributed by atoms with E-state index in [1.165, 1.54) is 0 Å².